The summed E-state index contributed by atoms with van der Waals surface area (Å²) in [6.45, 7) is 4.01. The van der Waals surface area contributed by atoms with Crippen molar-refractivity contribution in [1.29, 1.82) is 0 Å². The lowest BCUT2D eigenvalue weighted by Crippen LogP contribution is -2.32. The van der Waals surface area contributed by atoms with E-state index in [1.807, 2.05) is 41.3 Å². The molecule has 0 radical (unpaired) electrons. The van der Waals surface area contributed by atoms with Gasteiger partial charge in [-0.2, -0.15) is 10.2 Å². The number of fused-ring (bicyclic) bond motifs is 6. The van der Waals surface area contributed by atoms with E-state index >= 15 is 0 Å². The minimum absolute atomic E-state index is 0. The number of nitrogens with zero attached hydrogens (tertiary/aromatic N) is 3. The van der Waals surface area contributed by atoms with Crippen molar-refractivity contribution in [2.75, 3.05) is 26.3 Å². The van der Waals surface area contributed by atoms with Crippen molar-refractivity contribution in [3.8, 4) is 22.3 Å². The molecule has 2 aliphatic carbocycles. The SMILES string of the molecule is CC(=O)OCC1c2ccccc2-c2ccccc21.Cl.Clc1ccc(CCc2cc(C3CCCN3)n[nH]2)s1.O=C(OCC1c2ccccc2-c2ccccc21)N1CCCC1c1cc(CCc2ccc(Cl)s2)[nH]n1. The zero-order chi connectivity index (χ0) is 48.7. The Morgan fingerprint density at radius 2 is 1.08 bits per heavy atom. The molecule has 2 aliphatic heterocycles. The van der Waals surface area contributed by atoms with Gasteiger partial charge in [-0.25, -0.2) is 4.79 Å². The van der Waals surface area contributed by atoms with Gasteiger partial charge in [0, 0.05) is 46.4 Å². The number of aromatic amines is 2. The minimum atomic E-state index is -0.257. The normalized spacial score (nSPS) is 16.3. The highest BCUT2D eigenvalue weighted by Gasteiger charge is 2.35. The van der Waals surface area contributed by atoms with E-state index in [0.717, 1.165) is 70.8 Å². The molecule has 8 aromatic rings. The van der Waals surface area contributed by atoms with Gasteiger partial charge in [-0.1, -0.05) is 120 Å². The molecule has 12 rings (SSSR count). The lowest BCUT2D eigenvalue weighted by molar-refractivity contribution is -0.141. The predicted molar refractivity (Wildman–Crippen MR) is 292 cm³/mol. The first-order valence-electron chi connectivity index (χ1n) is 24.5. The second-order valence-electron chi connectivity index (χ2n) is 18.4. The average molecular weight is 1060 g/mol. The van der Waals surface area contributed by atoms with Gasteiger partial charge in [-0.05, 0) is 139 Å². The fourth-order valence-corrected chi connectivity index (χ4v) is 12.6. The molecule has 2 fully saturated rings. The Hall–Kier alpha value is -5.73. The molecule has 2 atom stereocenters. The van der Waals surface area contributed by atoms with Crippen LogP contribution >= 0.6 is 58.3 Å². The van der Waals surface area contributed by atoms with Crippen molar-refractivity contribution in [2.45, 2.75) is 82.2 Å². The first-order valence-corrected chi connectivity index (χ1v) is 26.9. The van der Waals surface area contributed by atoms with Crippen molar-refractivity contribution in [1.82, 2.24) is 30.6 Å². The van der Waals surface area contributed by atoms with Crippen molar-refractivity contribution in [3.63, 3.8) is 0 Å². The summed E-state index contributed by atoms with van der Waals surface area (Å²) >= 11 is 15.2. The Balaban J connectivity index is 0.000000146. The van der Waals surface area contributed by atoms with Gasteiger partial charge in [0.15, 0.2) is 0 Å². The van der Waals surface area contributed by atoms with Gasteiger partial charge >= 0.3 is 12.1 Å². The van der Waals surface area contributed by atoms with E-state index < -0.39 is 0 Å². The molecule has 2 unspecified atom stereocenters. The Morgan fingerprint density at radius 3 is 1.54 bits per heavy atom. The zero-order valence-corrected chi connectivity index (χ0v) is 43.9. The average Bonchev–Trinajstić information content (AvgIpc) is 4.26. The number of hydrogen-bond acceptors (Lipinski definition) is 9. The number of amides is 1. The lowest BCUT2D eigenvalue weighted by atomic mass is 9.98. The van der Waals surface area contributed by atoms with Crippen LogP contribution in [0, 0.1) is 0 Å². The second-order valence-corrected chi connectivity index (χ2v) is 22.0. The highest BCUT2D eigenvalue weighted by molar-refractivity contribution is 7.16. The zero-order valence-electron chi connectivity index (χ0n) is 40.0. The van der Waals surface area contributed by atoms with E-state index in [2.05, 4.69) is 123 Å². The number of rotatable bonds is 12. The van der Waals surface area contributed by atoms with Crippen molar-refractivity contribution in [2.24, 2.45) is 0 Å². The summed E-state index contributed by atoms with van der Waals surface area (Å²) in [5.74, 6) is 0.00769. The molecule has 0 saturated carbocycles. The number of ether oxygens (including phenoxy) is 2. The third-order valence-electron chi connectivity index (χ3n) is 13.8. The van der Waals surface area contributed by atoms with Gasteiger partial charge in [0.2, 0.25) is 0 Å². The van der Waals surface area contributed by atoms with Crippen molar-refractivity contribution < 1.29 is 19.1 Å². The van der Waals surface area contributed by atoms with Crippen LogP contribution in [-0.4, -0.2) is 63.7 Å². The molecule has 10 nitrogen and oxygen atoms in total. The Bertz CT molecular complexity index is 3010. The summed E-state index contributed by atoms with van der Waals surface area (Å²) in [6.07, 6.45) is 7.84. The summed E-state index contributed by atoms with van der Waals surface area (Å²) in [5, 5.41) is 18.7. The molecule has 15 heteroatoms. The Labute approximate surface area is 444 Å². The minimum Gasteiger partial charge on any atom is -0.465 e. The number of aromatic nitrogens is 4. The summed E-state index contributed by atoms with van der Waals surface area (Å²) in [4.78, 5) is 28.6. The maximum absolute atomic E-state index is 13.2. The Kier molecular flexibility index (Phi) is 17.0. The van der Waals surface area contributed by atoms with Gasteiger partial charge in [0.1, 0.15) is 13.2 Å². The summed E-state index contributed by atoms with van der Waals surface area (Å²) < 4.78 is 12.8. The van der Waals surface area contributed by atoms with Crippen LogP contribution in [0.2, 0.25) is 8.67 Å². The molecule has 0 spiro atoms. The molecule has 4 aliphatic rings. The number of benzene rings is 4. The van der Waals surface area contributed by atoms with E-state index in [9.17, 15) is 9.59 Å². The quantitative estimate of drug-likeness (QED) is 0.104. The highest BCUT2D eigenvalue weighted by atomic mass is 35.5. The molecule has 372 valence electrons. The second kappa shape index (κ2) is 23.9. The summed E-state index contributed by atoms with van der Waals surface area (Å²) in [7, 11) is 0. The predicted octanol–water partition coefficient (Wildman–Crippen LogP) is 14.1. The molecule has 1 amide bonds. The number of aryl methyl sites for hydroxylation is 4. The molecule has 72 heavy (non-hydrogen) atoms. The van der Waals surface area contributed by atoms with Gasteiger partial charge in [0.25, 0.3) is 0 Å². The van der Waals surface area contributed by atoms with Crippen LogP contribution in [0.1, 0.15) is 111 Å². The number of halogens is 3. The molecule has 6 heterocycles. The summed E-state index contributed by atoms with van der Waals surface area (Å²) in [5.41, 5.74) is 14.3. The number of hydrogen-bond donors (Lipinski definition) is 3. The molecule has 3 N–H and O–H groups in total. The largest absolute Gasteiger partial charge is 0.465 e. The number of carbonyl (C=O) groups excluding carboxylic acids is 2. The lowest BCUT2D eigenvalue weighted by Gasteiger charge is -2.24. The van der Waals surface area contributed by atoms with E-state index in [1.54, 1.807) is 22.7 Å². The van der Waals surface area contributed by atoms with Crippen molar-refractivity contribution in [3.05, 3.63) is 197 Å². The molecular weight excluding hydrogens is 1000 g/mol. The van der Waals surface area contributed by atoms with Crippen LogP contribution in [0.5, 0.6) is 0 Å². The Morgan fingerprint density at radius 1 is 0.611 bits per heavy atom. The molecule has 0 bridgehead atoms. The number of likely N-dealkylation sites (tertiary alicyclic amines) is 1. The monoisotopic (exact) mass is 1060 g/mol. The molecule has 4 aromatic carbocycles. The first kappa shape index (κ1) is 51.2. The van der Waals surface area contributed by atoms with Gasteiger partial charge in [0.05, 0.1) is 32.1 Å². The number of carbonyl (C=O) groups is 2. The third-order valence-corrected chi connectivity index (χ3v) is 16.4. The van der Waals surface area contributed by atoms with Crippen LogP contribution < -0.4 is 5.32 Å². The number of nitrogens with one attached hydrogen (secondary N) is 3. The standard InChI is InChI=1S/C28H26ClN3O2S.C16H14O2.C13H16ClN3S.ClH/c29-27-14-13-19(35-27)12-11-18-16-25(31-30-18)26-10-5-15-32(26)28(33)34-17-24-22-8-3-1-6-20(22)21-7-2-4-9-23(21)24;1-11(17)18-10-16-14-8-4-2-6-12(14)13-7-3-5-9-15(13)16;14-13-6-5-10(18-13)4-3-9-8-12(17-16-9)11-2-1-7-15-11;/h1-4,6-9,13-14,16,24,26H,5,10-12,15,17H2,(H,30,31);2-9,16H,10H2,1H3;5-6,8,11,15H,1-4,7H2,(H,16,17);1H. The number of thiophene rings is 2. The van der Waals surface area contributed by atoms with Crippen LogP contribution in [0.25, 0.3) is 22.3 Å². The van der Waals surface area contributed by atoms with Crippen LogP contribution in [0.3, 0.4) is 0 Å². The van der Waals surface area contributed by atoms with E-state index in [-0.39, 0.29) is 42.3 Å². The van der Waals surface area contributed by atoms with Gasteiger partial charge < -0.3 is 14.8 Å². The van der Waals surface area contributed by atoms with Crippen LogP contribution in [0.15, 0.2) is 133 Å². The summed E-state index contributed by atoms with van der Waals surface area (Å²) in [6, 6.07) is 46.2. The molecule has 4 aromatic heterocycles. The van der Waals surface area contributed by atoms with Crippen molar-refractivity contribution >= 4 is 70.3 Å². The van der Waals surface area contributed by atoms with Gasteiger partial charge in [-0.3, -0.25) is 19.9 Å². The number of esters is 1. The highest BCUT2D eigenvalue weighted by Crippen LogP contribution is 2.46. The van der Waals surface area contributed by atoms with E-state index in [1.165, 1.54) is 79.7 Å². The smallest absolute Gasteiger partial charge is 0.410 e. The van der Waals surface area contributed by atoms with Crippen LogP contribution in [-0.2, 0) is 40.0 Å². The maximum atomic E-state index is 13.2. The van der Waals surface area contributed by atoms with E-state index in [4.69, 9.17) is 32.7 Å². The first-order chi connectivity index (χ1) is 34.8. The fourth-order valence-electron chi connectivity index (χ4n) is 10.4. The maximum Gasteiger partial charge on any atom is 0.410 e. The number of H-pyrrole nitrogens is 2. The fraction of sp³-hybridized carbons (Fsp3) is 0.298. The van der Waals surface area contributed by atoms with Gasteiger partial charge in [-0.15, -0.1) is 35.1 Å². The molecule has 2 saturated heterocycles. The van der Waals surface area contributed by atoms with E-state index in [0.29, 0.717) is 25.8 Å². The topological polar surface area (TPSA) is 125 Å². The van der Waals surface area contributed by atoms with Crippen LogP contribution in [0.4, 0.5) is 4.79 Å². The molecular formula is C57H57Cl3N6O4S2. The third kappa shape index (κ3) is 11.9.